The van der Waals surface area contributed by atoms with Gasteiger partial charge in [-0.2, -0.15) is 13.2 Å². The van der Waals surface area contributed by atoms with E-state index in [2.05, 4.69) is 9.71 Å². The van der Waals surface area contributed by atoms with Crippen LogP contribution in [0.5, 0.6) is 5.75 Å². The fourth-order valence-electron chi connectivity index (χ4n) is 2.94. The van der Waals surface area contributed by atoms with E-state index in [1.165, 1.54) is 37.6 Å². The van der Waals surface area contributed by atoms with Crippen LogP contribution in [0.3, 0.4) is 0 Å². The number of aliphatic carboxylic acids is 1. The molecular weight excluding hydrogens is 555 g/mol. The largest absolute Gasteiger partial charge is 0.495 e. The van der Waals surface area contributed by atoms with Crippen LogP contribution < -0.4 is 14.4 Å². The predicted molar refractivity (Wildman–Crippen MR) is 132 cm³/mol. The Morgan fingerprint density at radius 3 is 2.21 bits per heavy atom. The van der Waals surface area contributed by atoms with Crippen LogP contribution in [0, 0.1) is 0 Å². The number of sulfonamides is 1. The number of halogens is 4. The van der Waals surface area contributed by atoms with Crippen molar-refractivity contribution >= 4 is 45.1 Å². The lowest BCUT2D eigenvalue weighted by Gasteiger charge is -2.21. The van der Waals surface area contributed by atoms with Gasteiger partial charge in [-0.05, 0) is 29.8 Å². The lowest BCUT2D eigenvalue weighted by atomic mass is 10.2. The molecule has 0 saturated carbocycles. The summed E-state index contributed by atoms with van der Waals surface area (Å²) >= 11 is 6.01. The van der Waals surface area contributed by atoms with Crippen molar-refractivity contribution < 1.29 is 46.1 Å². The molecule has 0 aliphatic heterocycles. The van der Waals surface area contributed by atoms with Gasteiger partial charge >= 0.3 is 18.1 Å². The lowest BCUT2D eigenvalue weighted by molar-refractivity contribution is -0.192. The molecule has 0 atom stereocenters. The van der Waals surface area contributed by atoms with Gasteiger partial charge in [0, 0.05) is 13.6 Å². The number of benzene rings is 2. The number of methoxy groups -OCH3 is 1. The molecule has 0 saturated heterocycles. The predicted octanol–water partition coefficient (Wildman–Crippen LogP) is 4.51. The van der Waals surface area contributed by atoms with Gasteiger partial charge in [-0.25, -0.2) is 23.0 Å². The molecule has 10 nitrogen and oxygen atoms in total. The third-order valence-electron chi connectivity index (χ3n) is 4.65. The van der Waals surface area contributed by atoms with Crippen molar-refractivity contribution in [2.45, 2.75) is 17.6 Å². The molecule has 204 valence electrons. The van der Waals surface area contributed by atoms with Gasteiger partial charge in [0.05, 0.1) is 28.9 Å². The molecule has 0 spiro atoms. The second-order valence-electron chi connectivity index (χ2n) is 7.45. The third-order valence-corrected chi connectivity index (χ3v) is 6.32. The summed E-state index contributed by atoms with van der Waals surface area (Å²) in [6.45, 7) is 0.434. The van der Waals surface area contributed by atoms with Crippen LogP contribution >= 0.6 is 11.6 Å². The zero-order valence-electron chi connectivity index (χ0n) is 19.7. The molecule has 2 aromatic carbocycles. The normalized spacial score (nSPS) is 11.1. The van der Waals surface area contributed by atoms with Gasteiger partial charge in [-0.1, -0.05) is 41.9 Å². The maximum absolute atomic E-state index is 12.7. The summed E-state index contributed by atoms with van der Waals surface area (Å²) in [6, 6.07) is 14.7. The van der Waals surface area contributed by atoms with Gasteiger partial charge in [-0.15, -0.1) is 0 Å². The van der Waals surface area contributed by atoms with Gasteiger partial charge in [0.25, 0.3) is 10.0 Å². The van der Waals surface area contributed by atoms with Crippen LogP contribution in [-0.4, -0.2) is 55.9 Å². The van der Waals surface area contributed by atoms with Gasteiger partial charge in [0.1, 0.15) is 17.1 Å². The number of aromatic nitrogens is 1. The Balaban J connectivity index is 0.000000638. The number of nitrogens with one attached hydrogen (secondary N) is 1. The minimum absolute atomic E-state index is 0.0150. The van der Waals surface area contributed by atoms with Gasteiger partial charge < -0.3 is 19.8 Å². The van der Waals surface area contributed by atoms with Crippen molar-refractivity contribution in [2.24, 2.45) is 0 Å². The Labute approximate surface area is 220 Å². The molecule has 0 bridgehead atoms. The standard InChI is InChI=1S/C21H20ClN3O5S.C2HF3O2/c1-25(13-14-6-4-3-5-7-14)20-17(21(26)27)10-15(12-23-20)24-31(28,29)16-8-9-19(30-2)18(22)11-16;3-2(4,5)1(6)7/h3-12,24H,13H2,1-2H3,(H,26,27);(H,6,7). The molecule has 3 N–H and O–H groups in total. The summed E-state index contributed by atoms with van der Waals surface area (Å²) in [4.78, 5) is 26.5. The van der Waals surface area contributed by atoms with Crippen molar-refractivity contribution in [1.29, 1.82) is 0 Å². The Kier molecular flexibility index (Phi) is 9.91. The number of carboxylic acids is 2. The fraction of sp³-hybridized carbons (Fsp3) is 0.174. The van der Waals surface area contributed by atoms with Crippen LogP contribution in [0.25, 0.3) is 0 Å². The molecule has 1 heterocycles. The number of pyridine rings is 1. The highest BCUT2D eigenvalue weighted by Crippen LogP contribution is 2.29. The number of hydrogen-bond acceptors (Lipinski definition) is 7. The highest BCUT2D eigenvalue weighted by molar-refractivity contribution is 7.92. The first-order valence-electron chi connectivity index (χ1n) is 10.3. The summed E-state index contributed by atoms with van der Waals surface area (Å²) in [5, 5.41) is 16.9. The number of ether oxygens (including phenoxy) is 1. The molecular formula is C23H21ClF3N3O7S. The summed E-state index contributed by atoms with van der Waals surface area (Å²) in [7, 11) is -0.888. The molecule has 0 aliphatic rings. The molecule has 3 rings (SSSR count). The van der Waals surface area contributed by atoms with Crippen molar-refractivity contribution in [2.75, 3.05) is 23.8 Å². The zero-order valence-corrected chi connectivity index (χ0v) is 21.3. The molecule has 15 heteroatoms. The van der Waals surface area contributed by atoms with Gasteiger partial charge in [0.2, 0.25) is 0 Å². The number of aromatic carboxylic acids is 1. The van der Waals surface area contributed by atoms with E-state index >= 15 is 0 Å². The van der Waals surface area contributed by atoms with Gasteiger partial charge in [-0.3, -0.25) is 4.72 Å². The zero-order chi connectivity index (χ0) is 28.7. The van der Waals surface area contributed by atoms with Crippen LogP contribution in [-0.2, 0) is 21.4 Å². The van der Waals surface area contributed by atoms with Crippen LogP contribution in [0.4, 0.5) is 24.7 Å². The molecule has 0 fully saturated rings. The van der Waals surface area contributed by atoms with Crippen LogP contribution in [0.1, 0.15) is 15.9 Å². The number of rotatable bonds is 8. The first kappa shape index (κ1) is 30.2. The van der Waals surface area contributed by atoms with Crippen molar-refractivity contribution in [3.8, 4) is 5.75 Å². The van der Waals surface area contributed by atoms with E-state index in [4.69, 9.17) is 26.2 Å². The second kappa shape index (κ2) is 12.5. The maximum atomic E-state index is 12.7. The minimum atomic E-state index is -5.08. The molecule has 0 unspecified atom stereocenters. The highest BCUT2D eigenvalue weighted by atomic mass is 35.5. The van der Waals surface area contributed by atoms with Crippen LogP contribution in [0.15, 0.2) is 65.7 Å². The quantitative estimate of drug-likeness (QED) is 0.353. The molecule has 1 aromatic heterocycles. The number of carbonyl (C=O) groups is 2. The molecule has 0 radical (unpaired) electrons. The molecule has 38 heavy (non-hydrogen) atoms. The number of nitrogens with zero attached hydrogens (tertiary/aromatic N) is 2. The number of alkyl halides is 3. The Morgan fingerprint density at radius 2 is 1.71 bits per heavy atom. The summed E-state index contributed by atoms with van der Waals surface area (Å²) < 4.78 is 64.5. The summed E-state index contributed by atoms with van der Waals surface area (Å²) in [6.07, 6.45) is -3.81. The SMILES string of the molecule is COc1ccc(S(=O)(=O)Nc2cnc(N(C)Cc3ccccc3)c(C(=O)O)c2)cc1Cl.O=C(O)C(F)(F)F. The van der Waals surface area contributed by atoms with Gasteiger partial charge in [0.15, 0.2) is 0 Å². The van der Waals surface area contributed by atoms with Crippen molar-refractivity contribution in [1.82, 2.24) is 4.98 Å². The van der Waals surface area contributed by atoms with E-state index in [-0.39, 0.29) is 27.0 Å². The first-order chi connectivity index (χ1) is 17.7. The summed E-state index contributed by atoms with van der Waals surface area (Å²) in [5.74, 6) is -3.43. The Hall–Kier alpha value is -4.04. The third kappa shape index (κ3) is 8.24. The highest BCUT2D eigenvalue weighted by Gasteiger charge is 2.38. The maximum Gasteiger partial charge on any atom is 0.490 e. The van der Waals surface area contributed by atoms with E-state index in [1.54, 1.807) is 11.9 Å². The Morgan fingerprint density at radius 1 is 1.11 bits per heavy atom. The molecule has 0 aliphatic carbocycles. The van der Waals surface area contributed by atoms with E-state index < -0.39 is 28.1 Å². The average Bonchev–Trinajstić information content (AvgIpc) is 2.84. The lowest BCUT2D eigenvalue weighted by Crippen LogP contribution is -2.21. The van der Waals surface area contributed by atoms with E-state index in [0.717, 1.165) is 5.56 Å². The average molecular weight is 576 g/mol. The Bertz CT molecular complexity index is 1410. The number of carboxylic acid groups (broad SMARTS) is 2. The van der Waals surface area contributed by atoms with E-state index in [9.17, 15) is 31.5 Å². The fourth-order valence-corrected chi connectivity index (χ4v) is 4.32. The summed E-state index contributed by atoms with van der Waals surface area (Å²) in [5.41, 5.74) is 0.858. The van der Waals surface area contributed by atoms with E-state index in [0.29, 0.717) is 12.3 Å². The smallest absolute Gasteiger partial charge is 0.490 e. The second-order valence-corrected chi connectivity index (χ2v) is 9.54. The molecule has 0 amide bonds. The number of anilines is 2. The number of hydrogen-bond donors (Lipinski definition) is 3. The monoisotopic (exact) mass is 575 g/mol. The molecule has 3 aromatic rings. The van der Waals surface area contributed by atoms with Crippen LogP contribution in [0.2, 0.25) is 5.02 Å². The topological polar surface area (TPSA) is 146 Å². The minimum Gasteiger partial charge on any atom is -0.495 e. The van der Waals surface area contributed by atoms with Crippen molar-refractivity contribution in [3.63, 3.8) is 0 Å². The first-order valence-corrected chi connectivity index (χ1v) is 12.2. The van der Waals surface area contributed by atoms with E-state index in [1.807, 2.05) is 30.3 Å². The van der Waals surface area contributed by atoms with Crippen molar-refractivity contribution in [3.05, 3.63) is 76.9 Å².